The van der Waals surface area contributed by atoms with E-state index < -0.39 is 16.3 Å². The maximum Gasteiger partial charge on any atom is 0.283 e. The van der Waals surface area contributed by atoms with E-state index >= 15 is 0 Å². The first-order chi connectivity index (χ1) is 12.0. The van der Waals surface area contributed by atoms with E-state index in [-0.39, 0.29) is 5.91 Å². The molecule has 1 amide bonds. The fourth-order valence-electron chi connectivity index (χ4n) is 3.29. The maximum absolute atomic E-state index is 13.2. The highest BCUT2D eigenvalue weighted by atomic mass is 32.2. The summed E-state index contributed by atoms with van der Waals surface area (Å²) < 4.78 is 29.2. The van der Waals surface area contributed by atoms with Crippen molar-refractivity contribution in [2.24, 2.45) is 0 Å². The molecule has 138 valence electrons. The summed E-state index contributed by atoms with van der Waals surface area (Å²) in [7, 11) is -3.67. The molecule has 2 saturated heterocycles. The summed E-state index contributed by atoms with van der Waals surface area (Å²) in [6, 6.07) is 8.99. The van der Waals surface area contributed by atoms with Gasteiger partial charge in [-0.05, 0) is 18.4 Å². The van der Waals surface area contributed by atoms with Gasteiger partial charge in [0.2, 0.25) is 5.91 Å². The van der Waals surface area contributed by atoms with E-state index in [1.165, 1.54) is 20.4 Å². The second kappa shape index (κ2) is 8.07. The SMILES string of the molecule is CCN(Cc1ccccc1)S(=O)(=O)N1CSCC1C(=O)N1CCCC1. The summed E-state index contributed by atoms with van der Waals surface area (Å²) >= 11 is 1.51. The Labute approximate surface area is 154 Å². The molecule has 2 aliphatic rings. The van der Waals surface area contributed by atoms with E-state index in [0.717, 1.165) is 31.5 Å². The van der Waals surface area contributed by atoms with Crippen molar-refractivity contribution in [2.75, 3.05) is 31.3 Å². The summed E-state index contributed by atoms with van der Waals surface area (Å²) in [6.07, 6.45) is 2.01. The number of benzene rings is 1. The van der Waals surface area contributed by atoms with Gasteiger partial charge in [0.15, 0.2) is 0 Å². The second-order valence-electron chi connectivity index (χ2n) is 6.35. The number of nitrogens with zero attached hydrogens (tertiary/aromatic N) is 3. The number of carbonyl (C=O) groups is 1. The van der Waals surface area contributed by atoms with Crippen LogP contribution in [0.2, 0.25) is 0 Å². The Morgan fingerprint density at radius 3 is 2.56 bits per heavy atom. The lowest BCUT2D eigenvalue weighted by molar-refractivity contribution is -0.133. The van der Waals surface area contributed by atoms with Gasteiger partial charge >= 0.3 is 0 Å². The number of hydrogen-bond donors (Lipinski definition) is 0. The lowest BCUT2D eigenvalue weighted by atomic mass is 10.2. The molecule has 0 saturated carbocycles. The van der Waals surface area contributed by atoms with Gasteiger partial charge in [0.1, 0.15) is 6.04 Å². The van der Waals surface area contributed by atoms with E-state index in [1.54, 1.807) is 0 Å². The van der Waals surface area contributed by atoms with Crippen LogP contribution in [0, 0.1) is 0 Å². The third-order valence-electron chi connectivity index (χ3n) is 4.72. The van der Waals surface area contributed by atoms with Crippen LogP contribution in [0.1, 0.15) is 25.3 Å². The van der Waals surface area contributed by atoms with Gasteiger partial charge in [0.05, 0.1) is 5.88 Å². The highest BCUT2D eigenvalue weighted by Crippen LogP contribution is 2.28. The molecule has 25 heavy (non-hydrogen) atoms. The molecule has 0 N–H and O–H groups in total. The first kappa shape index (κ1) is 18.7. The number of rotatable bonds is 6. The highest BCUT2D eigenvalue weighted by Gasteiger charge is 2.43. The van der Waals surface area contributed by atoms with Crippen molar-refractivity contribution in [3.63, 3.8) is 0 Å². The number of amides is 1. The third kappa shape index (κ3) is 4.02. The number of likely N-dealkylation sites (tertiary alicyclic amines) is 1. The topological polar surface area (TPSA) is 60.9 Å². The van der Waals surface area contributed by atoms with Gasteiger partial charge in [-0.25, -0.2) is 0 Å². The van der Waals surface area contributed by atoms with E-state index in [4.69, 9.17) is 0 Å². The Morgan fingerprint density at radius 1 is 1.24 bits per heavy atom. The summed E-state index contributed by atoms with van der Waals surface area (Å²) in [5.41, 5.74) is 0.946. The number of thioether (sulfide) groups is 1. The van der Waals surface area contributed by atoms with Crippen molar-refractivity contribution in [1.82, 2.24) is 13.5 Å². The van der Waals surface area contributed by atoms with Crippen LogP contribution in [0.3, 0.4) is 0 Å². The number of carbonyl (C=O) groups excluding carboxylic acids is 1. The molecule has 2 fully saturated rings. The average molecular weight is 384 g/mol. The first-order valence-electron chi connectivity index (χ1n) is 8.71. The zero-order valence-corrected chi connectivity index (χ0v) is 16.1. The molecule has 3 rings (SSSR count). The lowest BCUT2D eigenvalue weighted by Gasteiger charge is -2.31. The van der Waals surface area contributed by atoms with Crippen LogP contribution in [0.15, 0.2) is 30.3 Å². The minimum Gasteiger partial charge on any atom is -0.341 e. The predicted molar refractivity (Wildman–Crippen MR) is 100 cm³/mol. The Morgan fingerprint density at radius 2 is 1.92 bits per heavy atom. The molecule has 0 aromatic heterocycles. The van der Waals surface area contributed by atoms with Crippen LogP contribution >= 0.6 is 11.8 Å². The highest BCUT2D eigenvalue weighted by molar-refractivity contribution is 8.00. The maximum atomic E-state index is 13.2. The van der Waals surface area contributed by atoms with Crippen molar-refractivity contribution in [1.29, 1.82) is 0 Å². The van der Waals surface area contributed by atoms with Gasteiger partial charge in [-0.15, -0.1) is 11.8 Å². The third-order valence-corrected chi connectivity index (χ3v) is 7.91. The summed E-state index contributed by atoms with van der Waals surface area (Å²) in [5, 5.41) is 0. The Hall–Kier alpha value is -1.09. The average Bonchev–Trinajstić information content (AvgIpc) is 3.31. The molecule has 2 aliphatic heterocycles. The van der Waals surface area contributed by atoms with Crippen LogP contribution in [-0.2, 0) is 21.5 Å². The normalized spacial score (nSPS) is 22.0. The van der Waals surface area contributed by atoms with Gasteiger partial charge in [-0.1, -0.05) is 37.3 Å². The molecule has 0 radical (unpaired) electrons. The molecular weight excluding hydrogens is 358 g/mol. The van der Waals surface area contributed by atoms with Gasteiger partial charge in [0.25, 0.3) is 10.2 Å². The quantitative estimate of drug-likeness (QED) is 0.751. The largest absolute Gasteiger partial charge is 0.341 e. The Bertz CT molecular complexity index is 690. The molecule has 6 nitrogen and oxygen atoms in total. The van der Waals surface area contributed by atoms with Crippen molar-refractivity contribution in [3.8, 4) is 0 Å². The Balaban J connectivity index is 1.77. The molecule has 0 bridgehead atoms. The van der Waals surface area contributed by atoms with E-state index in [1.807, 2.05) is 42.2 Å². The van der Waals surface area contributed by atoms with Crippen molar-refractivity contribution in [3.05, 3.63) is 35.9 Å². The van der Waals surface area contributed by atoms with E-state index in [2.05, 4.69) is 0 Å². The van der Waals surface area contributed by atoms with Crippen molar-refractivity contribution < 1.29 is 13.2 Å². The minimum atomic E-state index is -3.67. The molecule has 1 unspecified atom stereocenters. The molecule has 8 heteroatoms. The van der Waals surface area contributed by atoms with Crippen LogP contribution in [-0.4, -0.2) is 65.1 Å². The van der Waals surface area contributed by atoms with Crippen LogP contribution in [0.4, 0.5) is 0 Å². The summed E-state index contributed by atoms with van der Waals surface area (Å²) in [4.78, 5) is 14.6. The van der Waals surface area contributed by atoms with Crippen LogP contribution in [0.25, 0.3) is 0 Å². The molecule has 0 spiro atoms. The lowest BCUT2D eigenvalue weighted by Crippen LogP contribution is -2.52. The van der Waals surface area contributed by atoms with Crippen LogP contribution < -0.4 is 0 Å². The zero-order chi connectivity index (χ0) is 17.9. The van der Waals surface area contributed by atoms with Crippen LogP contribution in [0.5, 0.6) is 0 Å². The standard InChI is InChI=1S/C17H25N3O3S2/c1-2-19(12-15-8-4-3-5-9-15)25(22,23)20-14-24-13-16(20)17(21)18-10-6-7-11-18/h3-5,8-9,16H,2,6-7,10-14H2,1H3. The molecular formula is C17H25N3O3S2. The van der Waals surface area contributed by atoms with Crippen molar-refractivity contribution in [2.45, 2.75) is 32.4 Å². The van der Waals surface area contributed by atoms with Gasteiger partial charge in [0, 0.05) is 31.9 Å². The van der Waals surface area contributed by atoms with Crippen molar-refractivity contribution >= 4 is 27.9 Å². The fraction of sp³-hybridized carbons (Fsp3) is 0.588. The van der Waals surface area contributed by atoms with E-state index in [0.29, 0.717) is 24.7 Å². The predicted octanol–water partition coefficient (Wildman–Crippen LogP) is 1.75. The molecule has 0 aliphatic carbocycles. The first-order valence-corrected chi connectivity index (χ1v) is 11.3. The smallest absolute Gasteiger partial charge is 0.283 e. The monoisotopic (exact) mass is 383 g/mol. The summed E-state index contributed by atoms with van der Waals surface area (Å²) in [5.74, 6) is 0.844. The molecule has 1 aromatic carbocycles. The van der Waals surface area contributed by atoms with Gasteiger partial charge in [-0.3, -0.25) is 4.79 Å². The summed E-state index contributed by atoms with van der Waals surface area (Å²) in [6.45, 7) is 4.03. The minimum absolute atomic E-state index is 0.0400. The molecule has 2 heterocycles. The molecule has 1 aromatic rings. The zero-order valence-electron chi connectivity index (χ0n) is 14.5. The molecule has 1 atom stereocenters. The Kier molecular flexibility index (Phi) is 6.04. The van der Waals surface area contributed by atoms with Gasteiger partial charge in [-0.2, -0.15) is 17.0 Å². The second-order valence-corrected chi connectivity index (χ2v) is 9.24. The fourth-order valence-corrected chi connectivity index (χ4v) is 6.57. The number of hydrogen-bond acceptors (Lipinski definition) is 4. The van der Waals surface area contributed by atoms with E-state index in [9.17, 15) is 13.2 Å². The van der Waals surface area contributed by atoms with Gasteiger partial charge < -0.3 is 4.90 Å².